The normalized spacial score (nSPS) is 9.71. The van der Waals surface area contributed by atoms with Crippen molar-refractivity contribution in [3.63, 3.8) is 0 Å². The summed E-state index contributed by atoms with van der Waals surface area (Å²) in [6, 6.07) is 3.70. The Morgan fingerprint density at radius 3 is 2.59 bits per heavy atom. The van der Waals surface area contributed by atoms with E-state index < -0.39 is 34.7 Å². The van der Waals surface area contributed by atoms with Crippen LogP contribution in [0, 0.1) is 32.8 Å². The molecule has 0 aliphatic heterocycles. The fourth-order valence-electron chi connectivity index (χ4n) is 1.18. The largest absolute Gasteiger partial charge is 0.381 e. The van der Waals surface area contributed by atoms with E-state index in [9.17, 15) is 18.9 Å². The second-order valence-corrected chi connectivity index (χ2v) is 2.90. The number of pyridine rings is 1. The molecule has 1 aromatic rings. The molecule has 0 aromatic carbocycles. The molecule has 0 atom stereocenters. The number of aromatic nitrogens is 1. The molecule has 6 nitrogen and oxygen atoms in total. The highest BCUT2D eigenvalue weighted by Crippen LogP contribution is 2.27. The van der Waals surface area contributed by atoms with Gasteiger partial charge in [-0.25, -0.2) is 8.78 Å². The van der Waals surface area contributed by atoms with E-state index in [4.69, 9.17) is 10.5 Å². The third kappa shape index (κ3) is 2.49. The topological polar surface area (TPSA) is 104 Å². The van der Waals surface area contributed by atoms with E-state index in [1.807, 2.05) is 0 Å². The minimum Gasteiger partial charge on any atom is -0.358 e. The van der Waals surface area contributed by atoms with Gasteiger partial charge >= 0.3 is 5.82 Å². The molecule has 0 saturated carbocycles. The van der Waals surface area contributed by atoms with Gasteiger partial charge in [-0.15, -0.1) is 0 Å². The molecule has 1 aromatic heterocycles. The van der Waals surface area contributed by atoms with E-state index in [0.29, 0.717) is 6.07 Å². The molecular formula is C9H4F2N4O2. The third-order valence-electron chi connectivity index (χ3n) is 1.89. The standard InChI is InChI=1S/C9H4F2N4O2/c10-8(11)6-3-5(4-13)9(15(16)17)14-7(6)1-2-12/h3,8H,1H2. The zero-order valence-electron chi connectivity index (χ0n) is 8.22. The molecule has 1 heterocycles. The van der Waals surface area contributed by atoms with Gasteiger partial charge in [0, 0.05) is 0 Å². The molecule has 0 aliphatic rings. The minimum atomic E-state index is -2.95. The number of hydrogen-bond donors (Lipinski definition) is 0. The van der Waals surface area contributed by atoms with Crippen LogP contribution in [0.2, 0.25) is 0 Å². The zero-order valence-corrected chi connectivity index (χ0v) is 8.22. The van der Waals surface area contributed by atoms with Crippen LogP contribution in [-0.2, 0) is 6.42 Å². The van der Waals surface area contributed by atoms with Crippen molar-refractivity contribution < 1.29 is 13.7 Å². The van der Waals surface area contributed by atoms with Crippen LogP contribution in [0.5, 0.6) is 0 Å². The first-order chi connectivity index (χ1) is 8.01. The molecule has 0 saturated heterocycles. The molecule has 0 fully saturated rings. The van der Waals surface area contributed by atoms with Gasteiger partial charge in [0.25, 0.3) is 6.43 Å². The average Bonchev–Trinajstić information content (AvgIpc) is 2.28. The Labute approximate surface area is 93.9 Å². The minimum absolute atomic E-state index is 0.381. The summed E-state index contributed by atoms with van der Waals surface area (Å²) in [6.07, 6.45) is -3.43. The lowest BCUT2D eigenvalue weighted by molar-refractivity contribution is -0.389. The monoisotopic (exact) mass is 238 g/mol. The maximum atomic E-state index is 12.6. The number of nitrogens with zero attached hydrogens (tertiary/aromatic N) is 4. The van der Waals surface area contributed by atoms with Gasteiger partial charge in [0.1, 0.15) is 12.5 Å². The third-order valence-corrected chi connectivity index (χ3v) is 1.89. The summed E-state index contributed by atoms with van der Waals surface area (Å²) < 4.78 is 25.1. The van der Waals surface area contributed by atoms with Crippen molar-refractivity contribution in [1.82, 2.24) is 4.98 Å². The van der Waals surface area contributed by atoms with Gasteiger partial charge in [-0.3, -0.25) is 0 Å². The van der Waals surface area contributed by atoms with E-state index >= 15 is 0 Å². The van der Waals surface area contributed by atoms with Crippen LogP contribution in [0.3, 0.4) is 0 Å². The maximum Gasteiger partial charge on any atom is 0.381 e. The van der Waals surface area contributed by atoms with E-state index in [0.717, 1.165) is 0 Å². The molecule has 86 valence electrons. The summed E-state index contributed by atoms with van der Waals surface area (Å²) >= 11 is 0. The van der Waals surface area contributed by atoms with Crippen molar-refractivity contribution in [1.29, 1.82) is 10.5 Å². The van der Waals surface area contributed by atoms with E-state index in [1.54, 1.807) is 6.07 Å². The van der Waals surface area contributed by atoms with Crippen LogP contribution in [0.4, 0.5) is 14.6 Å². The molecule has 0 radical (unpaired) electrons. The summed E-state index contributed by atoms with van der Waals surface area (Å²) in [4.78, 5) is 12.9. The molecule has 0 unspecified atom stereocenters. The smallest absolute Gasteiger partial charge is 0.358 e. The van der Waals surface area contributed by atoms with Gasteiger partial charge in [0.05, 0.1) is 11.6 Å². The fraction of sp³-hybridized carbons (Fsp3) is 0.222. The van der Waals surface area contributed by atoms with Gasteiger partial charge in [0.2, 0.25) is 0 Å². The molecule has 0 N–H and O–H groups in total. The van der Waals surface area contributed by atoms with Crippen molar-refractivity contribution >= 4 is 5.82 Å². The molecule has 0 bridgehead atoms. The van der Waals surface area contributed by atoms with Crippen LogP contribution in [-0.4, -0.2) is 9.91 Å². The highest BCUT2D eigenvalue weighted by Gasteiger charge is 2.25. The first-order valence-electron chi connectivity index (χ1n) is 4.24. The highest BCUT2D eigenvalue weighted by atomic mass is 19.3. The summed E-state index contributed by atoms with van der Waals surface area (Å²) in [5.41, 5.74) is -1.56. The Morgan fingerprint density at radius 2 is 2.18 bits per heavy atom. The van der Waals surface area contributed by atoms with Gasteiger partial charge in [0.15, 0.2) is 11.3 Å². The Hall–Kier alpha value is -2.61. The van der Waals surface area contributed by atoms with Crippen molar-refractivity contribution in [2.45, 2.75) is 12.8 Å². The summed E-state index contributed by atoms with van der Waals surface area (Å²) in [6.45, 7) is 0. The molecule has 0 aliphatic carbocycles. The van der Waals surface area contributed by atoms with Crippen LogP contribution in [0.1, 0.15) is 23.2 Å². The Bertz CT molecular complexity index is 545. The number of rotatable bonds is 3. The number of alkyl halides is 2. The van der Waals surface area contributed by atoms with E-state index in [1.165, 1.54) is 6.07 Å². The van der Waals surface area contributed by atoms with Crippen molar-refractivity contribution in [3.05, 3.63) is 33.0 Å². The van der Waals surface area contributed by atoms with Crippen LogP contribution >= 0.6 is 0 Å². The number of nitro groups is 1. The summed E-state index contributed by atoms with van der Waals surface area (Å²) in [5.74, 6) is -0.817. The van der Waals surface area contributed by atoms with Gasteiger partial charge in [-0.1, -0.05) is 0 Å². The Kier molecular flexibility index (Phi) is 3.62. The lowest BCUT2D eigenvalue weighted by Crippen LogP contribution is -2.04. The zero-order chi connectivity index (χ0) is 13.0. The molecule has 0 spiro atoms. The van der Waals surface area contributed by atoms with Gasteiger partial charge in [-0.05, 0) is 16.0 Å². The highest BCUT2D eigenvalue weighted by molar-refractivity contribution is 5.47. The van der Waals surface area contributed by atoms with Gasteiger partial charge < -0.3 is 10.1 Å². The lowest BCUT2D eigenvalue weighted by atomic mass is 10.1. The predicted octanol–water partition coefficient (Wildman–Crippen LogP) is 1.87. The van der Waals surface area contributed by atoms with Crippen LogP contribution in [0.25, 0.3) is 0 Å². The Morgan fingerprint density at radius 1 is 1.53 bits per heavy atom. The van der Waals surface area contributed by atoms with E-state index in [-0.39, 0.29) is 5.69 Å². The van der Waals surface area contributed by atoms with Crippen LogP contribution < -0.4 is 0 Å². The first-order valence-corrected chi connectivity index (χ1v) is 4.24. The van der Waals surface area contributed by atoms with Crippen LogP contribution in [0.15, 0.2) is 6.07 Å². The molecule has 8 heteroatoms. The number of hydrogen-bond acceptors (Lipinski definition) is 5. The van der Waals surface area contributed by atoms with E-state index in [2.05, 4.69) is 4.98 Å². The Balaban J connectivity index is 3.50. The average molecular weight is 238 g/mol. The quantitative estimate of drug-likeness (QED) is 0.590. The molecular weight excluding hydrogens is 234 g/mol. The number of nitriles is 2. The van der Waals surface area contributed by atoms with Crippen molar-refractivity contribution in [2.75, 3.05) is 0 Å². The second-order valence-electron chi connectivity index (χ2n) is 2.90. The SMILES string of the molecule is N#CCc1nc([N+](=O)[O-])c(C#N)cc1C(F)F. The summed E-state index contributed by atoms with van der Waals surface area (Å²) in [7, 11) is 0. The summed E-state index contributed by atoms with van der Waals surface area (Å²) in [5, 5.41) is 27.5. The molecule has 0 amide bonds. The fourth-order valence-corrected chi connectivity index (χ4v) is 1.18. The second kappa shape index (κ2) is 4.94. The predicted molar refractivity (Wildman–Crippen MR) is 49.9 cm³/mol. The molecule has 17 heavy (non-hydrogen) atoms. The lowest BCUT2D eigenvalue weighted by Gasteiger charge is -2.03. The van der Waals surface area contributed by atoms with Gasteiger partial charge in [-0.2, -0.15) is 10.5 Å². The maximum absolute atomic E-state index is 12.6. The molecule has 1 rings (SSSR count). The number of halogens is 2. The van der Waals surface area contributed by atoms with Crippen molar-refractivity contribution in [3.8, 4) is 12.1 Å². The first kappa shape index (κ1) is 12.5. The van der Waals surface area contributed by atoms with Crippen molar-refractivity contribution in [2.24, 2.45) is 0 Å².